The highest BCUT2D eigenvalue weighted by Gasteiger charge is 2.47. The zero-order valence-corrected chi connectivity index (χ0v) is 13.7. The molecule has 2 aromatic heterocycles. The van der Waals surface area contributed by atoms with Gasteiger partial charge in [-0.3, -0.25) is 4.57 Å². The molecule has 23 heavy (non-hydrogen) atoms. The first-order valence-corrected chi connectivity index (χ1v) is 7.45. The summed E-state index contributed by atoms with van der Waals surface area (Å²) in [5, 5.41) is 9.17. The van der Waals surface area contributed by atoms with Gasteiger partial charge in [0.15, 0.2) is 23.1 Å². The van der Waals surface area contributed by atoms with Crippen molar-refractivity contribution < 1.29 is 19.0 Å². The van der Waals surface area contributed by atoms with Crippen molar-refractivity contribution in [3.63, 3.8) is 0 Å². The minimum Gasteiger partial charge on any atom is -0.479 e. The number of methoxy groups -OCH3 is 1. The van der Waals surface area contributed by atoms with Crippen molar-refractivity contribution in [2.75, 3.05) is 19.5 Å². The molecular weight excluding hydrogens is 305 g/mol. The number of hydrogen-bond acceptors (Lipinski definition) is 7. The summed E-state index contributed by atoms with van der Waals surface area (Å²) in [5.41, 5.74) is 4.67. The molecule has 1 fully saturated rings. The Morgan fingerprint density at radius 2 is 2.22 bits per heavy atom. The molecule has 128 valence electrons. The van der Waals surface area contributed by atoms with Crippen LogP contribution in [0.1, 0.15) is 33.4 Å². The van der Waals surface area contributed by atoms with E-state index in [-0.39, 0.29) is 24.9 Å². The summed E-state index contributed by atoms with van der Waals surface area (Å²) in [6.45, 7) is 5.17. The molecule has 2 unspecified atom stereocenters. The third kappa shape index (κ3) is 3.06. The lowest BCUT2D eigenvalue weighted by Crippen LogP contribution is -2.27. The summed E-state index contributed by atoms with van der Waals surface area (Å²) >= 11 is 0. The summed E-state index contributed by atoms with van der Waals surface area (Å²) in [6, 6.07) is 0. The van der Waals surface area contributed by atoms with Gasteiger partial charge in [-0.25, -0.2) is 9.37 Å². The fourth-order valence-electron chi connectivity index (χ4n) is 2.60. The summed E-state index contributed by atoms with van der Waals surface area (Å²) < 4.78 is 26.8. The first kappa shape index (κ1) is 17.4. The molecule has 9 heteroatoms. The molecule has 2 aromatic rings. The standard InChI is InChI=1S/C12H16FN5O3.C2H6/c1-12(13)3-6(4-19)21-10(12)18-5-15-7-8(18)16-11(14)17-9(7)20-2;1-2/h5-6,10,19H,3-4H2,1-2H3,(H2,14,16,17);1-2H3/t6?,10?,12-;/m1./s1. The van der Waals surface area contributed by atoms with Crippen molar-refractivity contribution in [1.82, 2.24) is 19.5 Å². The molecule has 3 atom stereocenters. The van der Waals surface area contributed by atoms with Gasteiger partial charge in [0.2, 0.25) is 11.8 Å². The van der Waals surface area contributed by atoms with Gasteiger partial charge in [-0.15, -0.1) is 0 Å². The molecule has 3 rings (SSSR count). The van der Waals surface area contributed by atoms with Gasteiger partial charge in [0.25, 0.3) is 0 Å². The molecule has 3 heterocycles. The number of halogens is 1. The average molecular weight is 327 g/mol. The average Bonchev–Trinajstić information content (AvgIpc) is 3.08. The maximum atomic E-state index is 14.7. The second kappa shape index (κ2) is 6.63. The molecule has 0 bridgehead atoms. The number of ether oxygens (including phenoxy) is 2. The van der Waals surface area contributed by atoms with Gasteiger partial charge in [-0.05, 0) is 6.92 Å². The number of alkyl halides is 1. The minimum atomic E-state index is -1.66. The number of fused-ring (bicyclic) bond motifs is 1. The number of aliphatic hydroxyl groups is 1. The topological polar surface area (TPSA) is 108 Å². The van der Waals surface area contributed by atoms with E-state index >= 15 is 0 Å². The molecule has 0 saturated carbocycles. The van der Waals surface area contributed by atoms with Crippen LogP contribution in [0.4, 0.5) is 10.3 Å². The quantitative estimate of drug-likeness (QED) is 0.878. The molecule has 8 nitrogen and oxygen atoms in total. The van der Waals surface area contributed by atoms with Gasteiger partial charge in [0.05, 0.1) is 26.1 Å². The van der Waals surface area contributed by atoms with Crippen LogP contribution in [0.5, 0.6) is 5.88 Å². The fourth-order valence-corrected chi connectivity index (χ4v) is 2.60. The first-order chi connectivity index (χ1) is 11.0. The smallest absolute Gasteiger partial charge is 0.246 e. The Morgan fingerprint density at radius 1 is 1.52 bits per heavy atom. The molecule has 0 radical (unpaired) electrons. The summed E-state index contributed by atoms with van der Waals surface area (Å²) in [4.78, 5) is 12.1. The van der Waals surface area contributed by atoms with Crippen LogP contribution in [-0.2, 0) is 4.74 Å². The van der Waals surface area contributed by atoms with Gasteiger partial charge in [0, 0.05) is 6.42 Å². The third-order valence-electron chi connectivity index (χ3n) is 3.52. The summed E-state index contributed by atoms with van der Waals surface area (Å²) in [5.74, 6) is 0.215. The van der Waals surface area contributed by atoms with E-state index in [2.05, 4.69) is 15.0 Å². The molecule has 0 aliphatic carbocycles. The zero-order valence-electron chi connectivity index (χ0n) is 13.7. The van der Waals surface area contributed by atoms with Crippen LogP contribution < -0.4 is 10.5 Å². The Labute approximate surface area is 133 Å². The number of nitrogens with two attached hydrogens (primary N) is 1. The number of aromatic nitrogens is 4. The molecule has 0 amide bonds. The fraction of sp³-hybridized carbons (Fsp3) is 0.643. The molecule has 1 aliphatic rings. The van der Waals surface area contributed by atoms with Crippen molar-refractivity contribution in [3.05, 3.63) is 6.33 Å². The maximum Gasteiger partial charge on any atom is 0.246 e. The summed E-state index contributed by atoms with van der Waals surface area (Å²) in [7, 11) is 1.44. The maximum absolute atomic E-state index is 14.7. The van der Waals surface area contributed by atoms with Gasteiger partial charge in [-0.2, -0.15) is 9.97 Å². The van der Waals surface area contributed by atoms with E-state index < -0.39 is 18.0 Å². The van der Waals surface area contributed by atoms with Gasteiger partial charge >= 0.3 is 0 Å². The van der Waals surface area contributed by atoms with E-state index in [0.29, 0.717) is 11.2 Å². The lowest BCUT2D eigenvalue weighted by atomic mass is 10.0. The largest absolute Gasteiger partial charge is 0.479 e. The monoisotopic (exact) mass is 327 g/mol. The molecule has 3 N–H and O–H groups in total. The Bertz CT molecular complexity index is 676. The van der Waals surface area contributed by atoms with Crippen molar-refractivity contribution in [3.8, 4) is 5.88 Å². The van der Waals surface area contributed by atoms with E-state index in [1.54, 1.807) is 0 Å². The normalized spacial score (nSPS) is 26.9. The van der Waals surface area contributed by atoms with Crippen molar-refractivity contribution in [1.29, 1.82) is 0 Å². The Hall–Kier alpha value is -2.00. The highest BCUT2D eigenvalue weighted by molar-refractivity contribution is 5.77. The zero-order chi connectivity index (χ0) is 17.2. The van der Waals surface area contributed by atoms with Crippen LogP contribution in [-0.4, -0.2) is 50.1 Å². The van der Waals surface area contributed by atoms with Crippen LogP contribution in [0, 0.1) is 0 Å². The number of aliphatic hydroxyl groups excluding tert-OH is 1. The number of anilines is 1. The van der Waals surface area contributed by atoms with E-state index in [9.17, 15) is 9.50 Å². The van der Waals surface area contributed by atoms with Crippen LogP contribution in [0.2, 0.25) is 0 Å². The minimum absolute atomic E-state index is 0.00151. The van der Waals surface area contributed by atoms with Gasteiger partial charge in [0.1, 0.15) is 0 Å². The number of nitrogen functional groups attached to an aromatic ring is 1. The summed E-state index contributed by atoms with van der Waals surface area (Å²) in [6.07, 6.45) is -0.0167. The number of nitrogens with zero attached hydrogens (tertiary/aromatic N) is 4. The van der Waals surface area contributed by atoms with Crippen LogP contribution >= 0.6 is 0 Å². The lowest BCUT2D eigenvalue weighted by molar-refractivity contribution is -0.0565. The van der Waals surface area contributed by atoms with Crippen LogP contribution in [0.3, 0.4) is 0 Å². The number of rotatable bonds is 3. The number of hydrogen-bond donors (Lipinski definition) is 2. The van der Waals surface area contributed by atoms with Crippen LogP contribution in [0.25, 0.3) is 11.2 Å². The van der Waals surface area contributed by atoms with Gasteiger partial charge in [-0.1, -0.05) is 13.8 Å². The molecule has 0 spiro atoms. The van der Waals surface area contributed by atoms with Crippen molar-refractivity contribution >= 4 is 17.1 Å². The SMILES string of the molecule is CC.COc1nc(N)nc2c1ncn2C1OC(CO)C[C@@]1(C)F. The first-order valence-electron chi connectivity index (χ1n) is 7.45. The van der Waals surface area contributed by atoms with Crippen molar-refractivity contribution in [2.45, 2.75) is 45.2 Å². The van der Waals surface area contributed by atoms with Crippen LogP contribution in [0.15, 0.2) is 6.33 Å². The Kier molecular flexibility index (Phi) is 5.00. The highest BCUT2D eigenvalue weighted by atomic mass is 19.1. The van der Waals surface area contributed by atoms with Gasteiger partial charge < -0.3 is 20.3 Å². The lowest BCUT2D eigenvalue weighted by Gasteiger charge is -2.22. The number of imidazole rings is 1. The predicted molar refractivity (Wildman–Crippen MR) is 82.8 cm³/mol. The predicted octanol–water partition coefficient (Wildman–Crippen LogP) is 1.45. The van der Waals surface area contributed by atoms with E-state index in [1.807, 2.05) is 13.8 Å². The second-order valence-electron chi connectivity index (χ2n) is 5.19. The third-order valence-corrected chi connectivity index (χ3v) is 3.52. The Balaban J connectivity index is 0.000000924. The second-order valence-corrected chi connectivity index (χ2v) is 5.19. The molecule has 1 aliphatic heterocycles. The highest BCUT2D eigenvalue weighted by Crippen LogP contribution is 2.42. The van der Waals surface area contributed by atoms with E-state index in [1.165, 1.54) is 24.9 Å². The molecular formula is C14H22FN5O3. The van der Waals surface area contributed by atoms with E-state index in [0.717, 1.165) is 0 Å². The molecule has 0 aromatic carbocycles. The van der Waals surface area contributed by atoms with E-state index in [4.69, 9.17) is 15.2 Å². The molecule has 1 saturated heterocycles. The van der Waals surface area contributed by atoms with Crippen molar-refractivity contribution in [2.24, 2.45) is 0 Å². The Morgan fingerprint density at radius 3 is 2.78 bits per heavy atom.